The largest absolute Gasteiger partial charge is 0.497 e. The van der Waals surface area contributed by atoms with Gasteiger partial charge in [0.2, 0.25) is 0 Å². The molecule has 1 amide bonds. The third-order valence-corrected chi connectivity index (χ3v) is 9.82. The average Bonchev–Trinajstić information content (AvgIpc) is 3.96. The quantitative estimate of drug-likeness (QED) is 0.235. The lowest BCUT2D eigenvalue weighted by Crippen LogP contribution is -2.52. The molecule has 260 valence electrons. The van der Waals surface area contributed by atoms with E-state index in [0.717, 1.165) is 43.5 Å². The summed E-state index contributed by atoms with van der Waals surface area (Å²) in [5.74, 6) is -0.777. The van der Waals surface area contributed by atoms with E-state index in [1.54, 1.807) is 41.7 Å². The molecule has 1 aromatic rings. The molecular formula is C36H52N2O9. The fourth-order valence-electron chi connectivity index (χ4n) is 6.79. The fourth-order valence-corrected chi connectivity index (χ4v) is 6.79. The van der Waals surface area contributed by atoms with Gasteiger partial charge < -0.3 is 29.6 Å². The Bertz CT molecular complexity index is 1290. The second-order valence-corrected chi connectivity index (χ2v) is 14.5. The molecule has 0 aromatic heterocycles. The summed E-state index contributed by atoms with van der Waals surface area (Å²) in [7, 11) is 1.61. The highest BCUT2D eigenvalue weighted by molar-refractivity contribution is 5.92. The van der Waals surface area contributed by atoms with Gasteiger partial charge in [-0.05, 0) is 121 Å². The number of esters is 2. The van der Waals surface area contributed by atoms with E-state index in [2.05, 4.69) is 10.6 Å². The molecule has 0 heterocycles. The SMILES string of the molecule is CCOC(=O)[C@@H](NC(=O)OC(C)(C)C)[C@@H]1CC2(CCC1=O)CC2.CCOC(=O)[C@@H](Nc1ccc(OC)cc1)[C@@H]1CC2(CCC1=O)CC2. The van der Waals surface area contributed by atoms with Crippen LogP contribution < -0.4 is 15.4 Å². The topological polar surface area (TPSA) is 146 Å². The minimum atomic E-state index is -0.963. The molecule has 2 N–H and O–H groups in total. The van der Waals surface area contributed by atoms with Gasteiger partial charge in [-0.3, -0.25) is 9.59 Å². The standard InChI is InChI=1S/C19H25NO4.C17H27NO5/c1-3-24-18(22)17(20-13-4-6-14(23-2)7-5-13)15-12-19(10-11-19)9-8-16(15)21;1-5-22-14(20)13(18-15(21)23-16(2,3)4)11-10-17(8-9-17)7-6-12(11)19/h4-7,15,17,20H,3,8-12H2,1-2H3;11,13H,5-10H2,1-4H3,(H,18,21)/t15-,17+;11-,13+/m11/s1. The Kier molecular flexibility index (Phi) is 11.6. The van der Waals surface area contributed by atoms with Gasteiger partial charge in [0.25, 0.3) is 0 Å². The third kappa shape index (κ3) is 9.93. The lowest BCUT2D eigenvalue weighted by atomic mass is 9.74. The highest BCUT2D eigenvalue weighted by atomic mass is 16.6. The number of carbonyl (C=O) groups is 5. The fraction of sp³-hybridized carbons (Fsp3) is 0.694. The number of carbonyl (C=O) groups excluding carboxylic acids is 5. The smallest absolute Gasteiger partial charge is 0.408 e. The van der Waals surface area contributed by atoms with Crippen molar-refractivity contribution in [2.75, 3.05) is 25.6 Å². The summed E-state index contributed by atoms with van der Waals surface area (Å²) in [4.78, 5) is 61.6. The van der Waals surface area contributed by atoms with Crippen molar-refractivity contribution in [3.8, 4) is 5.75 Å². The zero-order valence-corrected chi connectivity index (χ0v) is 28.8. The lowest BCUT2D eigenvalue weighted by Gasteiger charge is -2.33. The molecule has 4 atom stereocenters. The first-order valence-electron chi connectivity index (χ1n) is 17.0. The number of benzene rings is 1. The van der Waals surface area contributed by atoms with Crippen molar-refractivity contribution >= 4 is 35.3 Å². The Labute approximate surface area is 278 Å². The lowest BCUT2D eigenvalue weighted by molar-refractivity contribution is -0.150. The molecule has 4 saturated carbocycles. The van der Waals surface area contributed by atoms with Crippen LogP contribution in [0.3, 0.4) is 0 Å². The number of ether oxygens (including phenoxy) is 4. The minimum Gasteiger partial charge on any atom is -0.497 e. The molecule has 11 heteroatoms. The molecule has 0 saturated heterocycles. The van der Waals surface area contributed by atoms with Gasteiger partial charge in [-0.15, -0.1) is 0 Å². The van der Waals surface area contributed by atoms with Gasteiger partial charge in [0, 0.05) is 30.4 Å². The van der Waals surface area contributed by atoms with Crippen LogP contribution in [0.4, 0.5) is 10.5 Å². The van der Waals surface area contributed by atoms with E-state index < -0.39 is 35.7 Å². The second kappa shape index (κ2) is 15.1. The molecular weight excluding hydrogens is 604 g/mol. The van der Waals surface area contributed by atoms with Crippen molar-refractivity contribution in [2.24, 2.45) is 22.7 Å². The van der Waals surface area contributed by atoms with Crippen LogP contribution >= 0.6 is 0 Å². The van der Waals surface area contributed by atoms with Crippen molar-refractivity contribution in [3.05, 3.63) is 24.3 Å². The number of anilines is 1. The average molecular weight is 657 g/mol. The van der Waals surface area contributed by atoms with Gasteiger partial charge in [0.15, 0.2) is 0 Å². The maximum Gasteiger partial charge on any atom is 0.408 e. The summed E-state index contributed by atoms with van der Waals surface area (Å²) in [6.07, 6.45) is 8.19. The predicted molar refractivity (Wildman–Crippen MR) is 175 cm³/mol. The van der Waals surface area contributed by atoms with Crippen LogP contribution in [0.2, 0.25) is 0 Å². The molecule has 47 heavy (non-hydrogen) atoms. The number of methoxy groups -OCH3 is 1. The van der Waals surface area contributed by atoms with Crippen LogP contribution in [0.25, 0.3) is 0 Å². The highest BCUT2D eigenvalue weighted by Gasteiger charge is 2.53. The molecule has 0 unspecified atom stereocenters. The Balaban J connectivity index is 0.000000213. The third-order valence-electron chi connectivity index (χ3n) is 9.82. The predicted octanol–water partition coefficient (Wildman–Crippen LogP) is 5.78. The molecule has 11 nitrogen and oxygen atoms in total. The molecule has 0 bridgehead atoms. The number of amides is 1. The first-order chi connectivity index (χ1) is 22.2. The molecule has 1 aromatic carbocycles. The molecule has 5 rings (SSSR count). The van der Waals surface area contributed by atoms with Crippen molar-refractivity contribution < 1.29 is 42.9 Å². The first-order valence-corrected chi connectivity index (χ1v) is 17.0. The summed E-state index contributed by atoms with van der Waals surface area (Å²) in [5.41, 5.74) is 0.610. The van der Waals surface area contributed by atoms with Crippen LogP contribution in [0.5, 0.6) is 5.75 Å². The number of rotatable bonds is 10. The molecule has 0 aliphatic heterocycles. The van der Waals surface area contributed by atoms with Crippen molar-refractivity contribution in [3.63, 3.8) is 0 Å². The number of nitrogens with one attached hydrogen (secondary N) is 2. The first kappa shape index (κ1) is 36.2. The van der Waals surface area contributed by atoms with E-state index in [1.165, 1.54) is 12.8 Å². The van der Waals surface area contributed by atoms with Crippen LogP contribution in [-0.4, -0.2) is 67.6 Å². The van der Waals surface area contributed by atoms with E-state index in [-0.39, 0.29) is 35.5 Å². The maximum atomic E-state index is 12.5. The number of alkyl carbamates (subject to hydrolysis) is 1. The van der Waals surface area contributed by atoms with Crippen LogP contribution in [-0.2, 0) is 33.4 Å². The summed E-state index contributed by atoms with van der Waals surface area (Å²) in [6, 6.07) is 5.78. The summed E-state index contributed by atoms with van der Waals surface area (Å²) < 4.78 is 20.7. The number of ketones is 2. The van der Waals surface area contributed by atoms with Gasteiger partial charge in [0.1, 0.15) is 35.0 Å². The van der Waals surface area contributed by atoms with Crippen molar-refractivity contribution in [1.29, 1.82) is 0 Å². The zero-order valence-electron chi connectivity index (χ0n) is 28.8. The van der Waals surface area contributed by atoms with Gasteiger partial charge in [-0.25, -0.2) is 14.4 Å². The van der Waals surface area contributed by atoms with E-state index >= 15 is 0 Å². The zero-order chi connectivity index (χ0) is 34.4. The van der Waals surface area contributed by atoms with Crippen LogP contribution in [0.15, 0.2) is 24.3 Å². The second-order valence-electron chi connectivity index (χ2n) is 14.5. The van der Waals surface area contributed by atoms with E-state index in [0.29, 0.717) is 31.3 Å². The van der Waals surface area contributed by atoms with Crippen LogP contribution in [0, 0.1) is 22.7 Å². The Morgan fingerprint density at radius 3 is 1.68 bits per heavy atom. The number of hydrogen-bond donors (Lipinski definition) is 2. The Morgan fingerprint density at radius 1 is 0.787 bits per heavy atom. The summed E-state index contributed by atoms with van der Waals surface area (Å²) >= 11 is 0. The normalized spacial score (nSPS) is 23.4. The van der Waals surface area contributed by atoms with E-state index in [9.17, 15) is 24.0 Å². The number of hydrogen-bond acceptors (Lipinski definition) is 10. The van der Waals surface area contributed by atoms with E-state index in [1.807, 2.05) is 24.3 Å². The minimum absolute atomic E-state index is 0.0247. The Hall–Kier alpha value is -3.63. The van der Waals surface area contributed by atoms with Gasteiger partial charge >= 0.3 is 18.0 Å². The molecule has 2 spiro atoms. The summed E-state index contributed by atoms with van der Waals surface area (Å²) in [5, 5.41) is 5.80. The number of Topliss-reactive ketones (excluding diaryl/α,β-unsaturated/α-hetero) is 2. The molecule has 0 radical (unpaired) electrons. The van der Waals surface area contributed by atoms with Crippen LogP contribution in [0.1, 0.15) is 98.8 Å². The molecule has 4 fully saturated rings. The van der Waals surface area contributed by atoms with Gasteiger partial charge in [0.05, 0.1) is 20.3 Å². The van der Waals surface area contributed by atoms with Crippen molar-refractivity contribution in [2.45, 2.75) is 117 Å². The monoisotopic (exact) mass is 656 g/mol. The van der Waals surface area contributed by atoms with Crippen molar-refractivity contribution in [1.82, 2.24) is 5.32 Å². The molecule has 4 aliphatic rings. The van der Waals surface area contributed by atoms with E-state index in [4.69, 9.17) is 18.9 Å². The van der Waals surface area contributed by atoms with Gasteiger partial charge in [-0.1, -0.05) is 0 Å². The highest BCUT2D eigenvalue weighted by Crippen LogP contribution is 2.58. The Morgan fingerprint density at radius 2 is 1.26 bits per heavy atom. The van der Waals surface area contributed by atoms with Gasteiger partial charge in [-0.2, -0.15) is 0 Å². The molecule has 4 aliphatic carbocycles. The summed E-state index contributed by atoms with van der Waals surface area (Å²) in [6.45, 7) is 9.24. The maximum absolute atomic E-state index is 12.5.